The maximum absolute atomic E-state index is 13.4. The van der Waals surface area contributed by atoms with Crippen molar-refractivity contribution in [2.75, 3.05) is 37.6 Å². The van der Waals surface area contributed by atoms with Crippen molar-refractivity contribution in [2.24, 2.45) is 0 Å². The maximum Gasteiger partial charge on any atom is 0.407 e. The van der Waals surface area contributed by atoms with E-state index in [0.29, 0.717) is 57.3 Å². The summed E-state index contributed by atoms with van der Waals surface area (Å²) in [5.41, 5.74) is 1.90. The molecular weight excluding hydrogens is 347 g/mol. The van der Waals surface area contributed by atoms with Crippen molar-refractivity contribution >= 4 is 23.4 Å². The second-order valence-corrected chi connectivity index (χ2v) is 7.22. The summed E-state index contributed by atoms with van der Waals surface area (Å²) in [6.07, 6.45) is 1.23. The van der Waals surface area contributed by atoms with Crippen LogP contribution in [0.2, 0.25) is 5.15 Å². The van der Waals surface area contributed by atoms with Crippen LogP contribution in [0.25, 0.3) is 0 Å². The van der Waals surface area contributed by atoms with E-state index < -0.39 is 12.3 Å². The van der Waals surface area contributed by atoms with E-state index in [1.54, 1.807) is 6.20 Å². The Morgan fingerprint density at radius 2 is 2.08 bits per heavy atom. The molecule has 2 saturated heterocycles. The zero-order chi connectivity index (χ0) is 18.0. The molecule has 2 aliphatic rings. The van der Waals surface area contributed by atoms with Crippen molar-refractivity contribution in [1.82, 2.24) is 14.8 Å². The highest BCUT2D eigenvalue weighted by atomic mass is 35.5. The first-order valence-corrected chi connectivity index (χ1v) is 9.07. The molecule has 0 aliphatic carbocycles. The Morgan fingerprint density at radius 3 is 2.72 bits per heavy atom. The number of carboxylic acid groups (broad SMARTS) is 1. The molecular formula is C17H24ClFN4O2. The minimum absolute atomic E-state index is 0.145. The molecule has 25 heavy (non-hydrogen) atoms. The summed E-state index contributed by atoms with van der Waals surface area (Å²) in [5, 5.41) is 9.56. The fourth-order valence-corrected chi connectivity index (χ4v) is 3.74. The van der Waals surface area contributed by atoms with Gasteiger partial charge in [0.15, 0.2) is 5.15 Å². The van der Waals surface area contributed by atoms with Gasteiger partial charge in [0.2, 0.25) is 0 Å². The molecule has 1 amide bonds. The van der Waals surface area contributed by atoms with Crippen LogP contribution in [0, 0.1) is 0 Å². The van der Waals surface area contributed by atoms with Gasteiger partial charge in [-0.05, 0) is 31.4 Å². The molecule has 1 atom stereocenters. The van der Waals surface area contributed by atoms with Crippen LogP contribution in [0.1, 0.15) is 25.3 Å². The predicted molar refractivity (Wildman–Crippen MR) is 95.1 cm³/mol. The Morgan fingerprint density at radius 1 is 1.36 bits per heavy atom. The normalized spacial score (nSPS) is 23.1. The van der Waals surface area contributed by atoms with E-state index in [2.05, 4.69) is 14.8 Å². The Balaban J connectivity index is 1.67. The van der Waals surface area contributed by atoms with Gasteiger partial charge in [-0.3, -0.25) is 4.90 Å². The average molecular weight is 371 g/mol. The fourth-order valence-electron chi connectivity index (χ4n) is 3.51. The van der Waals surface area contributed by atoms with Crippen molar-refractivity contribution in [3.05, 3.63) is 23.0 Å². The Hall–Kier alpha value is -1.60. The zero-order valence-electron chi connectivity index (χ0n) is 14.4. The van der Waals surface area contributed by atoms with Gasteiger partial charge in [-0.25, -0.2) is 14.2 Å². The molecule has 3 heterocycles. The summed E-state index contributed by atoms with van der Waals surface area (Å²) < 4.78 is 13.4. The lowest BCUT2D eigenvalue weighted by atomic mass is 10.1. The quantitative estimate of drug-likeness (QED) is 0.829. The van der Waals surface area contributed by atoms with Gasteiger partial charge < -0.3 is 14.9 Å². The molecule has 0 saturated carbocycles. The van der Waals surface area contributed by atoms with E-state index in [-0.39, 0.29) is 6.04 Å². The average Bonchev–Trinajstić information content (AvgIpc) is 2.59. The number of anilines is 1. The molecule has 0 spiro atoms. The highest BCUT2D eigenvalue weighted by Gasteiger charge is 2.27. The van der Waals surface area contributed by atoms with Crippen LogP contribution in [0.3, 0.4) is 0 Å². The molecule has 0 aromatic carbocycles. The molecule has 0 bridgehead atoms. The standard InChI is InChI=1S/C17H24ClFN4O2/c1-12-10-23(17(24)25)7-6-22(12)11-13-8-15(16(18)20-9-13)21-4-2-14(19)3-5-21/h8-9,12,14H,2-7,10-11H2,1H3,(H,24,25)/t12-/m0/s1. The minimum Gasteiger partial charge on any atom is -0.465 e. The Labute approximate surface area is 152 Å². The summed E-state index contributed by atoms with van der Waals surface area (Å²) >= 11 is 6.26. The van der Waals surface area contributed by atoms with Crippen LogP contribution in [0.5, 0.6) is 0 Å². The molecule has 138 valence electrons. The molecule has 0 unspecified atom stereocenters. The largest absolute Gasteiger partial charge is 0.465 e. The number of rotatable bonds is 3. The number of halogens is 2. The number of nitrogens with zero attached hydrogens (tertiary/aromatic N) is 4. The second-order valence-electron chi connectivity index (χ2n) is 6.86. The number of aromatic nitrogens is 1. The second kappa shape index (κ2) is 7.74. The van der Waals surface area contributed by atoms with Gasteiger partial charge in [0.05, 0.1) is 5.69 Å². The van der Waals surface area contributed by atoms with Gasteiger partial charge in [0.25, 0.3) is 0 Å². The third-order valence-electron chi connectivity index (χ3n) is 5.06. The first-order valence-electron chi connectivity index (χ1n) is 8.69. The number of piperidine rings is 1. The highest BCUT2D eigenvalue weighted by molar-refractivity contribution is 6.32. The monoisotopic (exact) mass is 370 g/mol. The first kappa shape index (κ1) is 18.2. The number of amides is 1. The van der Waals surface area contributed by atoms with Crippen LogP contribution in [0.15, 0.2) is 12.3 Å². The molecule has 1 N–H and O–H groups in total. The van der Waals surface area contributed by atoms with Gasteiger partial charge in [-0.1, -0.05) is 11.6 Å². The first-order chi connectivity index (χ1) is 11.9. The number of hydrogen-bond donors (Lipinski definition) is 1. The van der Waals surface area contributed by atoms with Crippen LogP contribution in [-0.4, -0.2) is 70.9 Å². The summed E-state index contributed by atoms with van der Waals surface area (Å²) in [5.74, 6) is 0. The van der Waals surface area contributed by atoms with E-state index in [0.717, 1.165) is 11.3 Å². The molecule has 2 aliphatic heterocycles. The van der Waals surface area contributed by atoms with Gasteiger partial charge in [0.1, 0.15) is 6.17 Å². The van der Waals surface area contributed by atoms with E-state index >= 15 is 0 Å². The number of piperazine rings is 1. The smallest absolute Gasteiger partial charge is 0.407 e. The highest BCUT2D eigenvalue weighted by Crippen LogP contribution is 2.29. The van der Waals surface area contributed by atoms with Crippen molar-refractivity contribution in [1.29, 1.82) is 0 Å². The number of hydrogen-bond acceptors (Lipinski definition) is 4. The van der Waals surface area contributed by atoms with Crippen LogP contribution in [-0.2, 0) is 6.54 Å². The van der Waals surface area contributed by atoms with E-state index in [4.69, 9.17) is 16.7 Å². The molecule has 2 fully saturated rings. The molecule has 0 radical (unpaired) electrons. The Bertz CT molecular complexity index is 625. The van der Waals surface area contributed by atoms with Crippen molar-refractivity contribution in [3.8, 4) is 0 Å². The van der Waals surface area contributed by atoms with Gasteiger partial charge >= 0.3 is 6.09 Å². The van der Waals surface area contributed by atoms with E-state index in [1.165, 1.54) is 4.90 Å². The number of alkyl halides is 1. The predicted octanol–water partition coefficient (Wildman–Crippen LogP) is 2.86. The summed E-state index contributed by atoms with van der Waals surface area (Å²) in [4.78, 5) is 21.2. The summed E-state index contributed by atoms with van der Waals surface area (Å²) in [6, 6.07) is 2.18. The maximum atomic E-state index is 13.4. The van der Waals surface area contributed by atoms with Gasteiger partial charge in [-0.2, -0.15) is 0 Å². The van der Waals surface area contributed by atoms with Crippen LogP contribution < -0.4 is 4.90 Å². The van der Waals surface area contributed by atoms with Crippen molar-refractivity contribution in [2.45, 2.75) is 38.5 Å². The third kappa shape index (κ3) is 4.33. The Kier molecular flexibility index (Phi) is 5.64. The lowest BCUT2D eigenvalue weighted by Gasteiger charge is -2.38. The van der Waals surface area contributed by atoms with Crippen LogP contribution >= 0.6 is 11.6 Å². The minimum atomic E-state index is -0.863. The molecule has 3 rings (SSSR count). The van der Waals surface area contributed by atoms with E-state index in [9.17, 15) is 9.18 Å². The van der Waals surface area contributed by atoms with Gasteiger partial charge in [0, 0.05) is 51.5 Å². The third-order valence-corrected chi connectivity index (χ3v) is 5.35. The van der Waals surface area contributed by atoms with Crippen LogP contribution in [0.4, 0.5) is 14.9 Å². The summed E-state index contributed by atoms with van der Waals surface area (Å²) in [6.45, 7) is 5.75. The van der Waals surface area contributed by atoms with Gasteiger partial charge in [-0.15, -0.1) is 0 Å². The van der Waals surface area contributed by atoms with Crippen molar-refractivity contribution < 1.29 is 14.3 Å². The number of carbonyl (C=O) groups is 1. The SMILES string of the molecule is C[C@H]1CN(C(=O)O)CCN1Cc1cnc(Cl)c(N2CCC(F)CC2)c1. The lowest BCUT2D eigenvalue weighted by Crippen LogP contribution is -2.52. The molecule has 6 nitrogen and oxygen atoms in total. The van der Waals surface area contributed by atoms with Crippen molar-refractivity contribution in [3.63, 3.8) is 0 Å². The number of pyridine rings is 1. The van der Waals surface area contributed by atoms with E-state index in [1.807, 2.05) is 13.0 Å². The molecule has 1 aromatic heterocycles. The zero-order valence-corrected chi connectivity index (χ0v) is 15.1. The molecule has 8 heteroatoms. The fraction of sp³-hybridized carbons (Fsp3) is 0.647. The lowest BCUT2D eigenvalue weighted by molar-refractivity contribution is 0.0712. The summed E-state index contributed by atoms with van der Waals surface area (Å²) in [7, 11) is 0. The topological polar surface area (TPSA) is 59.9 Å². The molecule has 1 aromatic rings.